The number of nitrogens with one attached hydrogen (secondary N) is 2. The molecule has 3 aromatic rings. The predicted octanol–water partition coefficient (Wildman–Crippen LogP) is 4.17. The van der Waals surface area contributed by atoms with Crippen molar-refractivity contribution >= 4 is 50.3 Å². The van der Waals surface area contributed by atoms with E-state index in [0.29, 0.717) is 10.7 Å². The molecule has 0 saturated heterocycles. The monoisotopic (exact) mass is 385 g/mol. The number of anilines is 1. The lowest BCUT2D eigenvalue weighted by atomic mass is 10.2. The molecule has 5 nitrogen and oxygen atoms in total. The fourth-order valence-corrected chi connectivity index (χ4v) is 4.10. The van der Waals surface area contributed by atoms with Crippen LogP contribution in [0, 0.1) is 0 Å². The zero-order valence-electron chi connectivity index (χ0n) is 14.5. The van der Waals surface area contributed by atoms with Crippen LogP contribution in [0.1, 0.15) is 24.2 Å². The average molecular weight is 386 g/mol. The number of carbonyl (C=O) groups is 2. The third-order valence-corrected chi connectivity index (χ3v) is 5.48. The van der Waals surface area contributed by atoms with Gasteiger partial charge in [0.25, 0.3) is 5.91 Å². The maximum atomic E-state index is 12.7. The number of carbonyl (C=O) groups excluding carboxylic acids is 2. The number of rotatable bonds is 6. The van der Waals surface area contributed by atoms with Crippen molar-refractivity contribution in [1.82, 2.24) is 10.3 Å². The number of thioether (sulfide) groups is 1. The summed E-state index contributed by atoms with van der Waals surface area (Å²) in [4.78, 5) is 29.7. The van der Waals surface area contributed by atoms with E-state index in [0.717, 1.165) is 15.1 Å². The summed E-state index contributed by atoms with van der Waals surface area (Å²) >= 11 is 2.79. The van der Waals surface area contributed by atoms with Crippen molar-refractivity contribution in [2.24, 2.45) is 0 Å². The molecule has 0 aliphatic rings. The highest BCUT2D eigenvalue weighted by Gasteiger charge is 2.15. The summed E-state index contributed by atoms with van der Waals surface area (Å²) in [6.07, 6.45) is 0. The Morgan fingerprint density at radius 2 is 1.85 bits per heavy atom. The van der Waals surface area contributed by atoms with Gasteiger partial charge in [-0.25, -0.2) is 4.98 Å². The standard InChI is InChI=1S/C19H19N3O2S2/c1-12(2)20-17(23)11-25-15-9-5-3-7-13(15)18(24)22-19-21-14-8-4-6-10-16(14)26-19/h3-10,12H,11H2,1-2H3,(H,20,23)(H,21,22,24). The quantitative estimate of drug-likeness (QED) is 0.625. The largest absolute Gasteiger partial charge is 0.353 e. The van der Waals surface area contributed by atoms with Gasteiger partial charge < -0.3 is 5.32 Å². The van der Waals surface area contributed by atoms with Crippen LogP contribution < -0.4 is 10.6 Å². The van der Waals surface area contributed by atoms with E-state index in [1.54, 1.807) is 6.07 Å². The van der Waals surface area contributed by atoms with Crippen LogP contribution in [0.2, 0.25) is 0 Å². The number of benzene rings is 2. The Hall–Kier alpha value is -2.38. The van der Waals surface area contributed by atoms with E-state index in [4.69, 9.17) is 0 Å². The van der Waals surface area contributed by atoms with E-state index in [9.17, 15) is 9.59 Å². The Balaban J connectivity index is 1.72. The summed E-state index contributed by atoms with van der Waals surface area (Å²) in [7, 11) is 0. The predicted molar refractivity (Wildman–Crippen MR) is 108 cm³/mol. The first-order chi connectivity index (χ1) is 12.5. The molecule has 2 aromatic carbocycles. The molecule has 2 amide bonds. The molecule has 0 bridgehead atoms. The molecule has 0 atom stereocenters. The topological polar surface area (TPSA) is 71.1 Å². The second kappa shape index (κ2) is 8.33. The van der Waals surface area contributed by atoms with Gasteiger partial charge in [0, 0.05) is 10.9 Å². The number of hydrogen-bond donors (Lipinski definition) is 2. The highest BCUT2D eigenvalue weighted by Crippen LogP contribution is 2.27. The fraction of sp³-hybridized carbons (Fsp3) is 0.211. The highest BCUT2D eigenvalue weighted by molar-refractivity contribution is 8.00. The lowest BCUT2D eigenvalue weighted by Crippen LogP contribution is -2.31. The van der Waals surface area contributed by atoms with Crippen molar-refractivity contribution in [3.8, 4) is 0 Å². The van der Waals surface area contributed by atoms with Gasteiger partial charge in [0.05, 0.1) is 21.5 Å². The van der Waals surface area contributed by atoms with Crippen molar-refractivity contribution in [3.63, 3.8) is 0 Å². The SMILES string of the molecule is CC(C)NC(=O)CSc1ccccc1C(=O)Nc1nc2ccccc2s1. The lowest BCUT2D eigenvalue weighted by Gasteiger charge is -2.10. The van der Waals surface area contributed by atoms with E-state index in [1.807, 2.05) is 56.3 Å². The minimum atomic E-state index is -0.226. The van der Waals surface area contributed by atoms with E-state index in [2.05, 4.69) is 15.6 Å². The Bertz CT molecular complexity index is 904. The maximum Gasteiger partial charge on any atom is 0.258 e. The van der Waals surface area contributed by atoms with Gasteiger partial charge in [0.2, 0.25) is 5.91 Å². The fourth-order valence-electron chi connectivity index (χ4n) is 2.38. The molecule has 26 heavy (non-hydrogen) atoms. The van der Waals surface area contributed by atoms with E-state index in [1.165, 1.54) is 23.1 Å². The number of nitrogens with zero attached hydrogens (tertiary/aromatic N) is 1. The molecular formula is C19H19N3O2S2. The highest BCUT2D eigenvalue weighted by atomic mass is 32.2. The molecule has 1 heterocycles. The van der Waals surface area contributed by atoms with Crippen LogP contribution in [-0.4, -0.2) is 28.6 Å². The van der Waals surface area contributed by atoms with E-state index < -0.39 is 0 Å². The first-order valence-electron chi connectivity index (χ1n) is 8.21. The van der Waals surface area contributed by atoms with Crippen LogP contribution in [0.5, 0.6) is 0 Å². The smallest absolute Gasteiger partial charge is 0.258 e. The van der Waals surface area contributed by atoms with Crippen molar-refractivity contribution in [1.29, 1.82) is 0 Å². The molecule has 3 rings (SSSR count). The number of fused-ring (bicyclic) bond motifs is 1. The van der Waals surface area contributed by atoms with Crippen molar-refractivity contribution in [2.75, 3.05) is 11.1 Å². The summed E-state index contributed by atoms with van der Waals surface area (Å²) < 4.78 is 1.02. The second-order valence-corrected chi connectivity index (χ2v) is 8.00. The van der Waals surface area contributed by atoms with Crippen LogP contribution in [-0.2, 0) is 4.79 Å². The number of thiazole rings is 1. The first-order valence-corrected chi connectivity index (χ1v) is 10.0. The van der Waals surface area contributed by atoms with Crippen molar-refractivity contribution in [2.45, 2.75) is 24.8 Å². The third kappa shape index (κ3) is 4.62. The Morgan fingerprint density at radius 3 is 2.62 bits per heavy atom. The summed E-state index contributed by atoms with van der Waals surface area (Å²) in [6.45, 7) is 3.84. The number of para-hydroxylation sites is 1. The van der Waals surface area contributed by atoms with Gasteiger partial charge in [-0.2, -0.15) is 0 Å². The lowest BCUT2D eigenvalue weighted by molar-refractivity contribution is -0.119. The Kier molecular flexibility index (Phi) is 5.90. The summed E-state index contributed by atoms with van der Waals surface area (Å²) in [6, 6.07) is 15.1. The molecule has 0 unspecified atom stereocenters. The molecule has 0 radical (unpaired) electrons. The van der Waals surface area contributed by atoms with Gasteiger partial charge in [-0.1, -0.05) is 35.6 Å². The molecule has 0 aliphatic heterocycles. The molecular weight excluding hydrogens is 366 g/mol. The van der Waals surface area contributed by atoms with Gasteiger partial charge in [0.1, 0.15) is 0 Å². The van der Waals surface area contributed by atoms with E-state index >= 15 is 0 Å². The molecule has 1 aromatic heterocycles. The molecule has 134 valence electrons. The van der Waals surface area contributed by atoms with Crippen molar-refractivity contribution < 1.29 is 9.59 Å². The molecule has 0 spiro atoms. The Labute approximate surface area is 160 Å². The van der Waals surface area contributed by atoms with Gasteiger partial charge in [-0.3, -0.25) is 14.9 Å². The van der Waals surface area contributed by atoms with Crippen LogP contribution in [0.4, 0.5) is 5.13 Å². The summed E-state index contributed by atoms with van der Waals surface area (Å²) in [5.74, 6) is -0.00771. The Morgan fingerprint density at radius 1 is 1.12 bits per heavy atom. The van der Waals surface area contributed by atoms with Crippen LogP contribution in [0.15, 0.2) is 53.4 Å². The van der Waals surface area contributed by atoms with Crippen LogP contribution >= 0.6 is 23.1 Å². The van der Waals surface area contributed by atoms with Gasteiger partial charge in [-0.15, -0.1) is 11.8 Å². The second-order valence-electron chi connectivity index (χ2n) is 5.95. The number of hydrogen-bond acceptors (Lipinski definition) is 5. The molecule has 0 saturated carbocycles. The number of amides is 2. The average Bonchev–Trinajstić information content (AvgIpc) is 3.01. The molecule has 2 N–H and O–H groups in total. The maximum absolute atomic E-state index is 12.7. The van der Waals surface area contributed by atoms with Gasteiger partial charge in [-0.05, 0) is 38.1 Å². The third-order valence-electron chi connectivity index (χ3n) is 3.45. The molecule has 7 heteroatoms. The molecule has 0 aliphatic carbocycles. The zero-order chi connectivity index (χ0) is 18.5. The minimum Gasteiger partial charge on any atom is -0.353 e. The summed E-state index contributed by atoms with van der Waals surface area (Å²) in [5, 5.41) is 6.27. The zero-order valence-corrected chi connectivity index (χ0v) is 16.1. The molecule has 0 fully saturated rings. The van der Waals surface area contributed by atoms with Gasteiger partial charge in [0.15, 0.2) is 5.13 Å². The van der Waals surface area contributed by atoms with Crippen molar-refractivity contribution in [3.05, 3.63) is 54.1 Å². The van der Waals surface area contributed by atoms with Gasteiger partial charge >= 0.3 is 0 Å². The summed E-state index contributed by atoms with van der Waals surface area (Å²) in [5.41, 5.74) is 1.40. The number of aromatic nitrogens is 1. The van der Waals surface area contributed by atoms with E-state index in [-0.39, 0.29) is 23.6 Å². The minimum absolute atomic E-state index is 0.0496. The van der Waals surface area contributed by atoms with Crippen LogP contribution in [0.25, 0.3) is 10.2 Å². The normalized spacial score (nSPS) is 10.9. The first kappa shape index (κ1) is 18.4. The van der Waals surface area contributed by atoms with Crippen LogP contribution in [0.3, 0.4) is 0 Å².